The number of nitriles is 1. The summed E-state index contributed by atoms with van der Waals surface area (Å²) >= 11 is 3.54. The van der Waals surface area contributed by atoms with E-state index in [0.717, 1.165) is 61.8 Å². The summed E-state index contributed by atoms with van der Waals surface area (Å²) in [6, 6.07) is 8.29. The first-order valence-corrected chi connectivity index (χ1v) is 12.8. The number of rotatable bonds is 7. The van der Waals surface area contributed by atoms with Gasteiger partial charge in [0.15, 0.2) is 5.65 Å². The van der Waals surface area contributed by atoms with Crippen LogP contribution >= 0.6 is 15.9 Å². The smallest absolute Gasteiger partial charge is 0.225 e. The van der Waals surface area contributed by atoms with Crippen molar-refractivity contribution in [3.05, 3.63) is 40.1 Å². The Morgan fingerprint density at radius 1 is 1.37 bits per heavy atom. The van der Waals surface area contributed by atoms with Gasteiger partial charge in [0.1, 0.15) is 4.60 Å². The lowest BCUT2D eigenvalue weighted by Crippen LogP contribution is -2.42. The van der Waals surface area contributed by atoms with E-state index in [-0.39, 0.29) is 17.4 Å². The molecule has 2 fully saturated rings. The van der Waals surface area contributed by atoms with Gasteiger partial charge in [-0.15, -0.1) is 0 Å². The zero-order chi connectivity index (χ0) is 24.6. The maximum atomic E-state index is 12.3. The summed E-state index contributed by atoms with van der Waals surface area (Å²) in [6.07, 6.45) is 6.18. The minimum Gasteiger partial charge on any atom is -0.359 e. The monoisotopic (exact) mass is 536 g/mol. The molecule has 0 radical (unpaired) electrons. The molecule has 1 saturated carbocycles. The Labute approximate surface area is 212 Å². The van der Waals surface area contributed by atoms with Crippen LogP contribution in [0.4, 0.5) is 5.95 Å². The summed E-state index contributed by atoms with van der Waals surface area (Å²) in [5.74, 6) is 1.28. The third kappa shape index (κ3) is 4.75. The van der Waals surface area contributed by atoms with E-state index in [4.69, 9.17) is 4.98 Å². The molecular formula is C25H29BrN8O. The molecule has 1 aliphatic heterocycles. The molecule has 2 atom stereocenters. The Balaban J connectivity index is 1.43. The fraction of sp³-hybridized carbons (Fsp3) is 0.480. The van der Waals surface area contributed by atoms with E-state index in [9.17, 15) is 10.1 Å². The Morgan fingerprint density at radius 3 is 2.91 bits per heavy atom. The molecule has 1 amide bonds. The maximum absolute atomic E-state index is 12.3. The fourth-order valence-electron chi connectivity index (χ4n) is 5.10. The Bertz CT molecular complexity index is 1310. The number of halogens is 1. The molecule has 5 rings (SSSR count). The van der Waals surface area contributed by atoms with Crippen LogP contribution in [0.2, 0.25) is 0 Å². The second kappa shape index (κ2) is 9.55. The molecule has 10 heteroatoms. The molecule has 0 unspecified atom stereocenters. The number of nitrogens with zero attached hydrogens (tertiary/aromatic N) is 5. The lowest BCUT2D eigenvalue weighted by Gasteiger charge is -2.27. The van der Waals surface area contributed by atoms with Gasteiger partial charge in [-0.25, -0.2) is 9.67 Å². The fourth-order valence-corrected chi connectivity index (χ4v) is 5.54. The van der Waals surface area contributed by atoms with E-state index in [1.165, 1.54) is 0 Å². The summed E-state index contributed by atoms with van der Waals surface area (Å²) in [7, 11) is 1.68. The molecule has 1 saturated heterocycles. The predicted molar refractivity (Wildman–Crippen MR) is 137 cm³/mol. The van der Waals surface area contributed by atoms with E-state index in [0.29, 0.717) is 27.7 Å². The molecule has 3 heterocycles. The van der Waals surface area contributed by atoms with Gasteiger partial charge in [-0.3, -0.25) is 4.79 Å². The van der Waals surface area contributed by atoms with Crippen molar-refractivity contribution in [2.45, 2.75) is 45.1 Å². The van der Waals surface area contributed by atoms with Crippen LogP contribution in [0.5, 0.6) is 0 Å². The van der Waals surface area contributed by atoms with Gasteiger partial charge < -0.3 is 16.0 Å². The van der Waals surface area contributed by atoms with Crippen LogP contribution in [-0.2, 0) is 11.2 Å². The molecule has 3 N–H and O–H groups in total. The van der Waals surface area contributed by atoms with Crippen molar-refractivity contribution in [1.82, 2.24) is 30.4 Å². The van der Waals surface area contributed by atoms with Crippen LogP contribution in [-0.4, -0.2) is 51.8 Å². The van der Waals surface area contributed by atoms with E-state index >= 15 is 0 Å². The average molecular weight is 537 g/mol. The molecule has 182 valence electrons. The highest BCUT2D eigenvalue weighted by Crippen LogP contribution is 2.39. The molecule has 2 aromatic heterocycles. The average Bonchev–Trinajstić information content (AvgIpc) is 3.37. The van der Waals surface area contributed by atoms with E-state index in [2.05, 4.69) is 54.1 Å². The third-order valence-corrected chi connectivity index (χ3v) is 7.87. The minimum absolute atomic E-state index is 0.0712. The molecule has 1 aromatic carbocycles. The van der Waals surface area contributed by atoms with Gasteiger partial charge in [-0.1, -0.05) is 6.92 Å². The number of aryl methyl sites for hydroxylation is 1. The summed E-state index contributed by atoms with van der Waals surface area (Å²) in [4.78, 5) is 21.6. The van der Waals surface area contributed by atoms with Gasteiger partial charge in [0, 0.05) is 24.7 Å². The normalized spacial score (nSPS) is 22.1. The molecule has 0 spiro atoms. The lowest BCUT2D eigenvalue weighted by molar-refractivity contribution is -0.129. The van der Waals surface area contributed by atoms with Crippen LogP contribution in [0.3, 0.4) is 0 Å². The quantitative estimate of drug-likeness (QED) is 0.423. The van der Waals surface area contributed by atoms with Crippen LogP contribution in [0.15, 0.2) is 29.0 Å². The van der Waals surface area contributed by atoms with Crippen molar-refractivity contribution in [2.24, 2.45) is 11.3 Å². The summed E-state index contributed by atoms with van der Waals surface area (Å²) in [6.45, 7) is 4.14. The highest BCUT2D eigenvalue weighted by Gasteiger charge is 2.41. The number of benzene rings is 1. The molecule has 1 aliphatic carbocycles. The standard InChI is InChI=1S/C25H29BrN8O/c1-25(23(35)28-2)6-5-18(10-25)31-24-30-14-20-21(26)33-34(22(20)32-24)19-8-15(7-17(9-19)11-27)3-4-16-12-29-13-16/h7-9,14,16,18,29H,3-6,10,12-13H2,1-2H3,(H,28,35)(H,30,31,32)/t18-,25-/m1/s1. The summed E-state index contributed by atoms with van der Waals surface area (Å²) in [5.41, 5.74) is 2.81. The SMILES string of the molecule is CNC(=O)[C@]1(C)CC[C@@H](Nc2ncc3c(Br)nn(-c4cc(C#N)cc(CCC5CNC5)c4)c3n2)C1. The van der Waals surface area contributed by atoms with E-state index in [1.54, 1.807) is 17.9 Å². The highest BCUT2D eigenvalue weighted by atomic mass is 79.9. The number of carbonyl (C=O) groups is 1. The lowest BCUT2D eigenvalue weighted by atomic mass is 9.87. The number of fused-ring (bicyclic) bond motifs is 1. The van der Waals surface area contributed by atoms with Gasteiger partial charge in [-0.05, 0) is 90.8 Å². The first-order valence-electron chi connectivity index (χ1n) is 12.0. The second-order valence-corrected chi connectivity index (χ2v) is 10.7. The zero-order valence-corrected chi connectivity index (χ0v) is 21.5. The topological polar surface area (TPSA) is 121 Å². The van der Waals surface area contributed by atoms with E-state index in [1.807, 2.05) is 19.1 Å². The maximum Gasteiger partial charge on any atom is 0.225 e. The van der Waals surface area contributed by atoms with Crippen molar-refractivity contribution >= 4 is 38.8 Å². The Hall–Kier alpha value is -3.03. The first kappa shape index (κ1) is 23.7. The van der Waals surface area contributed by atoms with Gasteiger partial charge in [0.25, 0.3) is 0 Å². The van der Waals surface area contributed by atoms with Gasteiger partial charge in [0.05, 0.1) is 22.7 Å². The van der Waals surface area contributed by atoms with Gasteiger partial charge in [-0.2, -0.15) is 15.3 Å². The summed E-state index contributed by atoms with van der Waals surface area (Å²) < 4.78 is 2.42. The molecular weight excluding hydrogens is 508 g/mol. The number of nitrogens with one attached hydrogen (secondary N) is 3. The third-order valence-electron chi connectivity index (χ3n) is 7.29. The largest absolute Gasteiger partial charge is 0.359 e. The van der Waals surface area contributed by atoms with Crippen molar-refractivity contribution < 1.29 is 4.79 Å². The number of amides is 1. The minimum atomic E-state index is -0.384. The van der Waals surface area contributed by atoms with Crippen LogP contribution in [0.1, 0.15) is 43.7 Å². The van der Waals surface area contributed by atoms with Crippen molar-refractivity contribution in [3.8, 4) is 11.8 Å². The van der Waals surface area contributed by atoms with E-state index < -0.39 is 0 Å². The first-order chi connectivity index (χ1) is 16.9. The summed E-state index contributed by atoms with van der Waals surface area (Å²) in [5, 5.41) is 24.6. The number of aromatic nitrogens is 4. The zero-order valence-electron chi connectivity index (χ0n) is 19.9. The number of hydrogen-bond donors (Lipinski definition) is 3. The van der Waals surface area contributed by atoms with Crippen molar-refractivity contribution in [1.29, 1.82) is 5.26 Å². The molecule has 35 heavy (non-hydrogen) atoms. The van der Waals surface area contributed by atoms with Crippen LogP contribution in [0, 0.1) is 22.7 Å². The van der Waals surface area contributed by atoms with Gasteiger partial charge in [0.2, 0.25) is 11.9 Å². The molecule has 9 nitrogen and oxygen atoms in total. The Kier molecular flexibility index (Phi) is 6.47. The molecule has 3 aromatic rings. The molecule has 0 bridgehead atoms. The number of anilines is 1. The Morgan fingerprint density at radius 2 is 2.20 bits per heavy atom. The number of hydrogen-bond acceptors (Lipinski definition) is 7. The van der Waals surface area contributed by atoms with Gasteiger partial charge >= 0.3 is 0 Å². The number of carbonyl (C=O) groups excluding carboxylic acids is 1. The van der Waals surface area contributed by atoms with Crippen molar-refractivity contribution in [3.63, 3.8) is 0 Å². The van der Waals surface area contributed by atoms with Crippen LogP contribution < -0.4 is 16.0 Å². The molecule has 2 aliphatic rings. The second-order valence-electron chi connectivity index (χ2n) is 9.92. The van der Waals surface area contributed by atoms with Crippen LogP contribution in [0.25, 0.3) is 16.7 Å². The predicted octanol–water partition coefficient (Wildman–Crippen LogP) is 3.32. The van der Waals surface area contributed by atoms with Crippen molar-refractivity contribution in [2.75, 3.05) is 25.5 Å². The highest BCUT2D eigenvalue weighted by molar-refractivity contribution is 9.10.